The summed E-state index contributed by atoms with van der Waals surface area (Å²) in [5.74, 6) is -1.70. The van der Waals surface area contributed by atoms with Gasteiger partial charge in [-0.25, -0.2) is 8.78 Å². The van der Waals surface area contributed by atoms with Crippen LogP contribution in [-0.4, -0.2) is 32.3 Å². The van der Waals surface area contributed by atoms with Crippen LogP contribution in [0.4, 0.5) is 8.78 Å². The van der Waals surface area contributed by atoms with Crippen LogP contribution < -0.4 is 0 Å². The average molecular weight is 455 g/mol. The van der Waals surface area contributed by atoms with E-state index in [0.717, 1.165) is 29.0 Å². The molecule has 1 aliphatic heterocycles. The first-order valence-electron chi connectivity index (χ1n) is 10.1. The predicted molar refractivity (Wildman–Crippen MR) is 115 cm³/mol. The number of carbonyl (C=O) groups is 1. The third kappa shape index (κ3) is 3.24. The van der Waals surface area contributed by atoms with Gasteiger partial charge in [0.05, 0.1) is 17.8 Å². The normalized spacial score (nSPS) is 18.1. The molecule has 32 heavy (non-hydrogen) atoms. The van der Waals surface area contributed by atoms with Crippen molar-refractivity contribution < 1.29 is 18.1 Å². The first-order chi connectivity index (χ1) is 15.3. The molecular weight excluding hydrogens is 434 g/mol. The highest BCUT2D eigenvalue weighted by atomic mass is 32.1. The Morgan fingerprint density at radius 3 is 2.75 bits per heavy atom. The summed E-state index contributed by atoms with van der Waals surface area (Å²) in [6.45, 7) is 4.46. The Bertz CT molecular complexity index is 1330. The molecule has 0 saturated carbocycles. The fourth-order valence-corrected chi connectivity index (χ4v) is 5.36. The van der Waals surface area contributed by atoms with Crippen LogP contribution in [0.15, 0.2) is 46.4 Å². The van der Waals surface area contributed by atoms with Crippen LogP contribution in [-0.2, 0) is 7.05 Å². The number of hydrogen-bond acceptors (Lipinski definition) is 5. The monoisotopic (exact) mass is 454 g/mol. The van der Waals surface area contributed by atoms with E-state index < -0.39 is 11.6 Å². The van der Waals surface area contributed by atoms with Gasteiger partial charge >= 0.3 is 0 Å². The van der Waals surface area contributed by atoms with Crippen molar-refractivity contribution in [1.82, 2.24) is 19.8 Å². The molecule has 1 amide bonds. The van der Waals surface area contributed by atoms with E-state index in [1.807, 2.05) is 43.2 Å². The summed E-state index contributed by atoms with van der Waals surface area (Å²) in [6, 6.07) is 6.46. The second-order valence-corrected chi connectivity index (χ2v) is 8.88. The molecule has 0 bridgehead atoms. The second kappa shape index (κ2) is 7.67. The molecule has 3 aromatic heterocycles. The van der Waals surface area contributed by atoms with Crippen molar-refractivity contribution >= 4 is 17.2 Å². The molecule has 1 aromatic carbocycles. The van der Waals surface area contributed by atoms with Gasteiger partial charge in [-0.2, -0.15) is 5.10 Å². The van der Waals surface area contributed by atoms with E-state index in [1.165, 1.54) is 17.0 Å². The summed E-state index contributed by atoms with van der Waals surface area (Å²) >= 11 is 1.68. The zero-order valence-corrected chi connectivity index (χ0v) is 18.5. The summed E-state index contributed by atoms with van der Waals surface area (Å²) in [4.78, 5) is 16.4. The van der Waals surface area contributed by atoms with Gasteiger partial charge in [0.1, 0.15) is 11.6 Å². The topological polar surface area (TPSA) is 64.2 Å². The van der Waals surface area contributed by atoms with Crippen LogP contribution >= 0.6 is 11.3 Å². The summed E-state index contributed by atoms with van der Waals surface area (Å²) < 4.78 is 34.4. The molecule has 0 fully saturated rings. The van der Waals surface area contributed by atoms with Gasteiger partial charge in [-0.15, -0.1) is 11.3 Å². The van der Waals surface area contributed by atoms with Crippen LogP contribution in [0.1, 0.15) is 51.1 Å². The Balaban J connectivity index is 1.49. The Labute approximate surface area is 187 Å². The van der Waals surface area contributed by atoms with E-state index >= 15 is 0 Å². The summed E-state index contributed by atoms with van der Waals surface area (Å²) in [5, 5.41) is 10.3. The average Bonchev–Trinajstić information content (AvgIpc) is 3.50. The minimum Gasteiger partial charge on any atom is -0.355 e. The third-order valence-corrected chi connectivity index (χ3v) is 7.22. The quantitative estimate of drug-likeness (QED) is 0.434. The Morgan fingerprint density at radius 2 is 2.03 bits per heavy atom. The lowest BCUT2D eigenvalue weighted by molar-refractivity contribution is 0.0656. The lowest BCUT2D eigenvalue weighted by Crippen LogP contribution is -2.40. The van der Waals surface area contributed by atoms with Gasteiger partial charge in [-0.05, 0) is 43.0 Å². The maximum Gasteiger partial charge on any atom is 0.276 e. The highest BCUT2D eigenvalue weighted by Crippen LogP contribution is 2.43. The zero-order chi connectivity index (χ0) is 22.6. The molecule has 0 radical (unpaired) electrons. The van der Waals surface area contributed by atoms with E-state index in [-0.39, 0.29) is 34.9 Å². The summed E-state index contributed by atoms with van der Waals surface area (Å²) in [6.07, 6.45) is 1.85. The van der Waals surface area contributed by atoms with Gasteiger partial charge in [-0.3, -0.25) is 9.48 Å². The van der Waals surface area contributed by atoms with Gasteiger partial charge in [0.25, 0.3) is 5.91 Å². The van der Waals surface area contributed by atoms with E-state index in [9.17, 15) is 13.6 Å². The molecule has 2 unspecified atom stereocenters. The molecule has 2 atom stereocenters. The van der Waals surface area contributed by atoms with Crippen LogP contribution in [0, 0.1) is 18.6 Å². The van der Waals surface area contributed by atoms with E-state index in [2.05, 4.69) is 10.3 Å². The Morgan fingerprint density at radius 1 is 1.22 bits per heavy atom. The van der Waals surface area contributed by atoms with Crippen LogP contribution in [0.5, 0.6) is 0 Å². The van der Waals surface area contributed by atoms with Crippen LogP contribution in [0.25, 0.3) is 11.3 Å². The summed E-state index contributed by atoms with van der Waals surface area (Å²) in [5.41, 5.74) is 3.35. The standard InChI is InChI=1S/C23H20F2N4O2S/c1-12-17(10-26-28(12)3)18-11-29(13(2)15-6-7-32-22(15)18)23(30)20-9-21(31-27-20)16-5-4-14(24)8-19(16)25/h4-10,13,18H,11H2,1-3H3. The third-order valence-electron chi connectivity index (χ3n) is 6.18. The van der Waals surface area contributed by atoms with E-state index in [4.69, 9.17) is 4.52 Å². The van der Waals surface area contributed by atoms with Crippen molar-refractivity contribution in [2.24, 2.45) is 7.05 Å². The number of benzene rings is 1. The number of amides is 1. The minimum absolute atomic E-state index is 0.000218. The van der Waals surface area contributed by atoms with Crippen molar-refractivity contribution in [3.8, 4) is 11.3 Å². The number of rotatable bonds is 3. The molecule has 4 aromatic rings. The van der Waals surface area contributed by atoms with Crippen molar-refractivity contribution in [3.05, 3.63) is 80.9 Å². The molecule has 4 heterocycles. The molecular formula is C23H20F2N4O2S. The smallest absolute Gasteiger partial charge is 0.276 e. The highest BCUT2D eigenvalue weighted by molar-refractivity contribution is 7.10. The van der Waals surface area contributed by atoms with Crippen LogP contribution in [0.3, 0.4) is 0 Å². The van der Waals surface area contributed by atoms with E-state index in [0.29, 0.717) is 6.54 Å². The maximum absolute atomic E-state index is 14.1. The molecule has 0 spiro atoms. The number of hydrogen-bond donors (Lipinski definition) is 0. The fourth-order valence-electron chi connectivity index (χ4n) is 4.26. The number of carbonyl (C=O) groups excluding carboxylic acids is 1. The number of aryl methyl sites for hydroxylation is 1. The molecule has 0 aliphatic carbocycles. The van der Waals surface area contributed by atoms with Crippen molar-refractivity contribution in [2.75, 3.05) is 6.54 Å². The second-order valence-electron chi connectivity index (χ2n) is 7.94. The number of thiophene rings is 1. The number of halogens is 2. The summed E-state index contributed by atoms with van der Waals surface area (Å²) in [7, 11) is 1.90. The number of aromatic nitrogens is 3. The van der Waals surface area contributed by atoms with Gasteiger partial charge in [0.2, 0.25) is 0 Å². The SMILES string of the molecule is Cc1c(C2CN(C(=O)c3cc(-c4ccc(F)cc4F)on3)C(C)c3ccsc32)cnn1C. The molecule has 9 heteroatoms. The van der Waals surface area contributed by atoms with Gasteiger partial charge < -0.3 is 9.42 Å². The minimum atomic E-state index is -0.776. The van der Waals surface area contributed by atoms with Crippen molar-refractivity contribution in [2.45, 2.75) is 25.8 Å². The lowest BCUT2D eigenvalue weighted by atomic mass is 9.88. The lowest BCUT2D eigenvalue weighted by Gasteiger charge is -2.37. The molecule has 1 aliphatic rings. The zero-order valence-electron chi connectivity index (χ0n) is 17.7. The first kappa shape index (κ1) is 20.6. The largest absolute Gasteiger partial charge is 0.355 e. The van der Waals surface area contributed by atoms with Gasteiger partial charge in [-0.1, -0.05) is 5.16 Å². The Hall–Kier alpha value is -3.33. The first-order valence-corrected chi connectivity index (χ1v) is 11.0. The van der Waals surface area contributed by atoms with Gasteiger partial charge in [0.15, 0.2) is 11.5 Å². The molecule has 6 nitrogen and oxygen atoms in total. The number of fused-ring (bicyclic) bond motifs is 1. The fraction of sp³-hybridized carbons (Fsp3) is 0.261. The molecule has 5 rings (SSSR count). The maximum atomic E-state index is 14.1. The highest BCUT2D eigenvalue weighted by Gasteiger charge is 2.37. The van der Waals surface area contributed by atoms with E-state index in [1.54, 1.807) is 16.2 Å². The van der Waals surface area contributed by atoms with Crippen molar-refractivity contribution in [1.29, 1.82) is 0 Å². The Kier molecular flexibility index (Phi) is 4.93. The predicted octanol–water partition coefficient (Wildman–Crippen LogP) is 5.07. The van der Waals surface area contributed by atoms with Crippen molar-refractivity contribution in [3.63, 3.8) is 0 Å². The molecule has 164 valence electrons. The van der Waals surface area contributed by atoms with Crippen LogP contribution in [0.2, 0.25) is 0 Å². The van der Waals surface area contributed by atoms with Gasteiger partial charge in [0, 0.05) is 47.8 Å². The molecule has 0 saturated heterocycles. The number of nitrogens with zero attached hydrogens (tertiary/aromatic N) is 4. The molecule has 0 N–H and O–H groups in total.